The Kier molecular flexibility index (Phi) is 5.98. The first-order valence-electron chi connectivity index (χ1n) is 5.85. The number of anilines is 1. The van der Waals surface area contributed by atoms with E-state index in [1.165, 1.54) is 7.11 Å². The quantitative estimate of drug-likeness (QED) is 0.584. The van der Waals surface area contributed by atoms with Gasteiger partial charge in [0.05, 0.1) is 19.3 Å². The molecule has 0 aliphatic heterocycles. The Morgan fingerprint density at radius 3 is 2.74 bits per heavy atom. The molecule has 1 rings (SSSR count). The van der Waals surface area contributed by atoms with Crippen molar-refractivity contribution in [3.05, 3.63) is 29.3 Å². The zero-order chi connectivity index (χ0) is 14.3. The predicted octanol–water partition coefficient (Wildman–Crippen LogP) is 0.695. The number of rotatable bonds is 6. The summed E-state index contributed by atoms with van der Waals surface area (Å²) < 4.78 is 9.69. The van der Waals surface area contributed by atoms with E-state index in [-0.39, 0.29) is 12.5 Å². The normalized spacial score (nSPS) is 10.1. The van der Waals surface area contributed by atoms with Gasteiger partial charge < -0.3 is 20.5 Å². The lowest BCUT2D eigenvalue weighted by Crippen LogP contribution is -2.21. The van der Waals surface area contributed by atoms with E-state index in [2.05, 4.69) is 10.1 Å². The molecule has 1 aromatic carbocycles. The van der Waals surface area contributed by atoms with E-state index in [4.69, 9.17) is 10.5 Å². The Morgan fingerprint density at radius 1 is 1.37 bits per heavy atom. The van der Waals surface area contributed by atoms with Gasteiger partial charge in [-0.05, 0) is 24.6 Å². The molecule has 1 aromatic rings. The number of esters is 1. The predicted molar refractivity (Wildman–Crippen MR) is 71.0 cm³/mol. The maximum Gasteiger partial charge on any atom is 0.338 e. The van der Waals surface area contributed by atoms with Gasteiger partial charge >= 0.3 is 5.97 Å². The minimum absolute atomic E-state index is 0.0703. The van der Waals surface area contributed by atoms with Crippen molar-refractivity contribution in [2.24, 2.45) is 5.73 Å². The standard InChI is InChI=1S/C13H18N2O4/c1-9-10(13(17)18-2)4-3-5-11(9)15-12(16)8-19-7-6-14/h3-5H,6-8,14H2,1-2H3,(H,15,16). The highest BCUT2D eigenvalue weighted by molar-refractivity contribution is 5.97. The van der Waals surface area contributed by atoms with E-state index >= 15 is 0 Å². The van der Waals surface area contributed by atoms with E-state index < -0.39 is 5.97 Å². The third-order valence-corrected chi connectivity index (χ3v) is 2.51. The smallest absolute Gasteiger partial charge is 0.338 e. The molecule has 6 heteroatoms. The van der Waals surface area contributed by atoms with E-state index in [1.807, 2.05) is 0 Å². The van der Waals surface area contributed by atoms with Gasteiger partial charge in [0.25, 0.3) is 0 Å². The molecule has 0 radical (unpaired) electrons. The molecule has 0 spiro atoms. The molecule has 0 atom stereocenters. The fourth-order valence-corrected chi connectivity index (χ4v) is 1.54. The van der Waals surface area contributed by atoms with Crippen molar-refractivity contribution in [1.82, 2.24) is 0 Å². The number of ether oxygens (including phenoxy) is 2. The van der Waals surface area contributed by atoms with Crippen LogP contribution in [0.5, 0.6) is 0 Å². The van der Waals surface area contributed by atoms with Crippen LogP contribution in [-0.4, -0.2) is 38.7 Å². The highest BCUT2D eigenvalue weighted by atomic mass is 16.5. The van der Waals surface area contributed by atoms with Crippen molar-refractivity contribution in [2.75, 3.05) is 32.2 Å². The summed E-state index contributed by atoms with van der Waals surface area (Å²) in [6.07, 6.45) is 0. The van der Waals surface area contributed by atoms with Gasteiger partial charge in [-0.2, -0.15) is 0 Å². The van der Waals surface area contributed by atoms with Gasteiger partial charge in [0.1, 0.15) is 6.61 Å². The average molecular weight is 266 g/mol. The van der Waals surface area contributed by atoms with Crippen LogP contribution in [0.4, 0.5) is 5.69 Å². The Bertz CT molecular complexity index is 460. The van der Waals surface area contributed by atoms with Gasteiger partial charge in [0.2, 0.25) is 5.91 Å². The van der Waals surface area contributed by atoms with Crippen molar-refractivity contribution in [1.29, 1.82) is 0 Å². The first kappa shape index (κ1) is 15.1. The van der Waals surface area contributed by atoms with E-state index in [9.17, 15) is 9.59 Å². The van der Waals surface area contributed by atoms with Crippen LogP contribution >= 0.6 is 0 Å². The van der Waals surface area contributed by atoms with Crippen molar-refractivity contribution < 1.29 is 19.1 Å². The summed E-state index contributed by atoms with van der Waals surface area (Å²) in [7, 11) is 1.31. The van der Waals surface area contributed by atoms with Crippen LogP contribution in [0.1, 0.15) is 15.9 Å². The molecule has 3 N–H and O–H groups in total. The van der Waals surface area contributed by atoms with Crippen LogP contribution < -0.4 is 11.1 Å². The monoisotopic (exact) mass is 266 g/mol. The summed E-state index contributed by atoms with van der Waals surface area (Å²) in [5, 5.41) is 2.68. The second kappa shape index (κ2) is 7.50. The number of amides is 1. The number of carbonyl (C=O) groups is 2. The molecule has 0 saturated heterocycles. The lowest BCUT2D eigenvalue weighted by atomic mass is 10.1. The van der Waals surface area contributed by atoms with Gasteiger partial charge in [-0.1, -0.05) is 6.07 Å². The molecule has 104 valence electrons. The summed E-state index contributed by atoms with van der Waals surface area (Å²) in [5.74, 6) is -0.730. The lowest BCUT2D eigenvalue weighted by Gasteiger charge is -2.11. The number of methoxy groups -OCH3 is 1. The SMILES string of the molecule is COC(=O)c1cccc(NC(=O)COCCN)c1C. The van der Waals surface area contributed by atoms with Crippen LogP contribution in [-0.2, 0) is 14.3 Å². The summed E-state index contributed by atoms with van der Waals surface area (Å²) in [6, 6.07) is 5.03. The van der Waals surface area contributed by atoms with Gasteiger partial charge in [0.15, 0.2) is 0 Å². The van der Waals surface area contributed by atoms with E-state index in [0.717, 1.165) is 0 Å². The van der Waals surface area contributed by atoms with Crippen molar-refractivity contribution in [3.8, 4) is 0 Å². The Labute approximate surface area is 111 Å². The van der Waals surface area contributed by atoms with Crippen LogP contribution in [0.25, 0.3) is 0 Å². The molecule has 0 saturated carbocycles. The number of hydrogen-bond acceptors (Lipinski definition) is 5. The van der Waals surface area contributed by atoms with Gasteiger partial charge in [0, 0.05) is 12.2 Å². The zero-order valence-corrected chi connectivity index (χ0v) is 11.1. The Balaban J connectivity index is 2.73. The highest BCUT2D eigenvalue weighted by Gasteiger charge is 2.13. The fourth-order valence-electron chi connectivity index (χ4n) is 1.54. The average Bonchev–Trinajstić information content (AvgIpc) is 2.40. The molecular formula is C13H18N2O4. The summed E-state index contributed by atoms with van der Waals surface area (Å²) in [5.41, 5.74) is 6.89. The fraction of sp³-hybridized carbons (Fsp3) is 0.385. The van der Waals surface area contributed by atoms with E-state index in [1.54, 1.807) is 25.1 Å². The van der Waals surface area contributed by atoms with Crippen molar-refractivity contribution in [2.45, 2.75) is 6.92 Å². The lowest BCUT2D eigenvalue weighted by molar-refractivity contribution is -0.120. The minimum atomic E-state index is -0.437. The first-order valence-corrected chi connectivity index (χ1v) is 5.85. The number of nitrogens with one attached hydrogen (secondary N) is 1. The molecule has 0 unspecified atom stereocenters. The topological polar surface area (TPSA) is 90.6 Å². The minimum Gasteiger partial charge on any atom is -0.465 e. The van der Waals surface area contributed by atoms with Crippen molar-refractivity contribution >= 4 is 17.6 Å². The number of carbonyl (C=O) groups excluding carboxylic acids is 2. The highest BCUT2D eigenvalue weighted by Crippen LogP contribution is 2.19. The summed E-state index contributed by atoms with van der Waals surface area (Å²) in [6.45, 7) is 2.36. The van der Waals surface area contributed by atoms with Crippen LogP contribution in [0.3, 0.4) is 0 Å². The number of benzene rings is 1. The summed E-state index contributed by atoms with van der Waals surface area (Å²) >= 11 is 0. The Morgan fingerprint density at radius 2 is 2.11 bits per heavy atom. The van der Waals surface area contributed by atoms with Crippen molar-refractivity contribution in [3.63, 3.8) is 0 Å². The maximum absolute atomic E-state index is 11.6. The first-order chi connectivity index (χ1) is 9.10. The third kappa shape index (κ3) is 4.35. The molecule has 0 aliphatic rings. The van der Waals surface area contributed by atoms with E-state index in [0.29, 0.717) is 30.0 Å². The van der Waals surface area contributed by atoms with Crippen LogP contribution in [0, 0.1) is 6.92 Å². The zero-order valence-electron chi connectivity index (χ0n) is 11.1. The molecule has 6 nitrogen and oxygen atoms in total. The number of hydrogen-bond donors (Lipinski definition) is 2. The maximum atomic E-state index is 11.6. The summed E-state index contributed by atoms with van der Waals surface area (Å²) in [4.78, 5) is 23.1. The molecule has 0 aromatic heterocycles. The molecule has 0 aliphatic carbocycles. The molecule has 1 amide bonds. The van der Waals surface area contributed by atoms with Gasteiger partial charge in [-0.3, -0.25) is 4.79 Å². The molecule has 0 bridgehead atoms. The molecule has 0 fully saturated rings. The van der Waals surface area contributed by atoms with Gasteiger partial charge in [-0.25, -0.2) is 4.79 Å². The molecular weight excluding hydrogens is 248 g/mol. The van der Waals surface area contributed by atoms with Crippen LogP contribution in [0.2, 0.25) is 0 Å². The largest absolute Gasteiger partial charge is 0.465 e. The van der Waals surface area contributed by atoms with Gasteiger partial charge in [-0.15, -0.1) is 0 Å². The second-order valence-corrected chi connectivity index (χ2v) is 3.86. The second-order valence-electron chi connectivity index (χ2n) is 3.86. The molecule has 19 heavy (non-hydrogen) atoms. The third-order valence-electron chi connectivity index (χ3n) is 2.51. The number of nitrogens with two attached hydrogens (primary N) is 1. The molecule has 0 heterocycles. The van der Waals surface area contributed by atoms with Crippen LogP contribution in [0.15, 0.2) is 18.2 Å². The Hall–Kier alpha value is -1.92.